The highest BCUT2D eigenvalue weighted by Gasteiger charge is 2.36. The lowest BCUT2D eigenvalue weighted by Crippen LogP contribution is -2.45. The molecule has 0 aromatic heterocycles. The molecule has 1 fully saturated rings. The molecule has 7 heteroatoms. The SMILES string of the molecule is CC(C)(C)OC(=O)N1CCC[C@H]1C(=O)Nc1ccccc1SN. The molecule has 0 radical (unpaired) electrons. The Labute approximate surface area is 140 Å². The maximum absolute atomic E-state index is 12.6. The van der Waals surface area contributed by atoms with Crippen molar-refractivity contribution in [2.24, 2.45) is 5.14 Å². The number of carbonyl (C=O) groups excluding carboxylic acids is 2. The molecule has 23 heavy (non-hydrogen) atoms. The molecule has 0 aliphatic carbocycles. The Bertz CT molecular complexity index is 586. The first kappa shape index (κ1) is 17.6. The van der Waals surface area contributed by atoms with Crippen molar-refractivity contribution in [1.82, 2.24) is 4.90 Å². The number of para-hydroxylation sites is 1. The molecule has 0 spiro atoms. The zero-order valence-corrected chi connectivity index (χ0v) is 14.5. The monoisotopic (exact) mass is 337 g/mol. The van der Waals surface area contributed by atoms with E-state index in [1.807, 2.05) is 39.0 Å². The summed E-state index contributed by atoms with van der Waals surface area (Å²) < 4.78 is 5.38. The molecule has 1 saturated heterocycles. The Morgan fingerprint density at radius 2 is 2.04 bits per heavy atom. The summed E-state index contributed by atoms with van der Waals surface area (Å²) in [4.78, 5) is 27.1. The number of rotatable bonds is 3. The second-order valence-corrected chi connectivity index (χ2v) is 7.11. The number of carbonyl (C=O) groups is 2. The molecule has 1 aromatic rings. The number of anilines is 1. The van der Waals surface area contributed by atoms with Gasteiger partial charge in [0.2, 0.25) is 5.91 Å². The Balaban J connectivity index is 2.07. The Morgan fingerprint density at radius 3 is 2.70 bits per heavy atom. The molecule has 0 unspecified atom stereocenters. The third-order valence-electron chi connectivity index (χ3n) is 3.46. The van der Waals surface area contributed by atoms with Crippen LogP contribution in [0.4, 0.5) is 10.5 Å². The number of nitrogens with one attached hydrogen (secondary N) is 1. The zero-order valence-electron chi connectivity index (χ0n) is 13.7. The van der Waals surface area contributed by atoms with Crippen LogP contribution in [0.25, 0.3) is 0 Å². The highest BCUT2D eigenvalue weighted by Crippen LogP contribution is 2.26. The number of nitrogens with two attached hydrogens (primary N) is 1. The molecule has 2 rings (SSSR count). The number of likely N-dealkylation sites (tertiary alicyclic amines) is 1. The van der Waals surface area contributed by atoms with Crippen LogP contribution in [-0.2, 0) is 9.53 Å². The van der Waals surface area contributed by atoms with Crippen LogP contribution >= 0.6 is 11.9 Å². The van der Waals surface area contributed by atoms with E-state index in [4.69, 9.17) is 9.88 Å². The number of benzene rings is 1. The molecule has 6 nitrogen and oxygen atoms in total. The van der Waals surface area contributed by atoms with Crippen LogP contribution < -0.4 is 10.5 Å². The maximum Gasteiger partial charge on any atom is 0.410 e. The van der Waals surface area contributed by atoms with Gasteiger partial charge >= 0.3 is 6.09 Å². The summed E-state index contributed by atoms with van der Waals surface area (Å²) in [6.45, 7) is 5.96. The number of hydrogen-bond donors (Lipinski definition) is 2. The van der Waals surface area contributed by atoms with Crippen LogP contribution in [0.2, 0.25) is 0 Å². The van der Waals surface area contributed by atoms with E-state index in [2.05, 4.69) is 5.32 Å². The van der Waals surface area contributed by atoms with E-state index < -0.39 is 17.7 Å². The van der Waals surface area contributed by atoms with Crippen molar-refractivity contribution < 1.29 is 14.3 Å². The molecule has 1 aromatic carbocycles. The molecule has 1 heterocycles. The van der Waals surface area contributed by atoms with Crippen LogP contribution in [0.1, 0.15) is 33.6 Å². The lowest BCUT2D eigenvalue weighted by Gasteiger charge is -2.28. The van der Waals surface area contributed by atoms with Crippen LogP contribution in [-0.4, -0.2) is 35.1 Å². The summed E-state index contributed by atoms with van der Waals surface area (Å²) >= 11 is 1.07. The average Bonchev–Trinajstić information content (AvgIpc) is 2.95. The first-order valence-electron chi connectivity index (χ1n) is 7.58. The van der Waals surface area contributed by atoms with E-state index in [1.54, 1.807) is 6.07 Å². The summed E-state index contributed by atoms with van der Waals surface area (Å²) in [5.74, 6) is -0.213. The van der Waals surface area contributed by atoms with Gasteiger partial charge in [0.25, 0.3) is 0 Å². The van der Waals surface area contributed by atoms with Gasteiger partial charge in [-0.25, -0.2) is 4.79 Å². The number of nitrogens with zero attached hydrogens (tertiary/aromatic N) is 1. The van der Waals surface area contributed by atoms with Crippen molar-refractivity contribution in [1.29, 1.82) is 0 Å². The molecule has 1 aliphatic heterocycles. The van der Waals surface area contributed by atoms with E-state index in [0.717, 1.165) is 23.3 Å². The fourth-order valence-corrected chi connectivity index (χ4v) is 2.87. The van der Waals surface area contributed by atoms with Crippen molar-refractivity contribution in [3.63, 3.8) is 0 Å². The van der Waals surface area contributed by atoms with Gasteiger partial charge in [-0.1, -0.05) is 12.1 Å². The predicted octanol–water partition coefficient (Wildman–Crippen LogP) is 2.99. The molecule has 0 saturated carbocycles. The van der Waals surface area contributed by atoms with Crippen molar-refractivity contribution in [2.45, 2.75) is 50.2 Å². The summed E-state index contributed by atoms with van der Waals surface area (Å²) in [6.07, 6.45) is 0.963. The van der Waals surface area contributed by atoms with Gasteiger partial charge in [0.1, 0.15) is 11.6 Å². The van der Waals surface area contributed by atoms with E-state index in [0.29, 0.717) is 18.7 Å². The van der Waals surface area contributed by atoms with E-state index in [1.165, 1.54) is 4.90 Å². The first-order valence-corrected chi connectivity index (χ1v) is 8.46. The van der Waals surface area contributed by atoms with Gasteiger partial charge in [-0.05, 0) is 57.7 Å². The average molecular weight is 337 g/mol. The van der Waals surface area contributed by atoms with Crippen LogP contribution in [0.3, 0.4) is 0 Å². The minimum Gasteiger partial charge on any atom is -0.444 e. The first-order chi connectivity index (χ1) is 10.8. The summed E-state index contributed by atoms with van der Waals surface area (Å²) in [7, 11) is 0. The van der Waals surface area contributed by atoms with E-state index in [9.17, 15) is 9.59 Å². The van der Waals surface area contributed by atoms with Gasteiger partial charge in [0.05, 0.1) is 5.69 Å². The lowest BCUT2D eigenvalue weighted by atomic mass is 10.2. The topological polar surface area (TPSA) is 84.7 Å². The summed E-state index contributed by atoms with van der Waals surface area (Å²) in [6, 6.07) is 6.80. The second-order valence-electron chi connectivity index (χ2n) is 6.44. The Morgan fingerprint density at radius 1 is 1.35 bits per heavy atom. The summed E-state index contributed by atoms with van der Waals surface area (Å²) in [5.41, 5.74) is 0.0739. The summed E-state index contributed by atoms with van der Waals surface area (Å²) in [5, 5.41) is 8.47. The van der Waals surface area contributed by atoms with Crippen molar-refractivity contribution in [3.8, 4) is 0 Å². The van der Waals surface area contributed by atoms with Gasteiger partial charge in [0, 0.05) is 11.4 Å². The molecule has 3 N–H and O–H groups in total. The van der Waals surface area contributed by atoms with Crippen molar-refractivity contribution in [3.05, 3.63) is 24.3 Å². The van der Waals surface area contributed by atoms with Gasteiger partial charge in [0.15, 0.2) is 0 Å². The number of ether oxygens (including phenoxy) is 1. The highest BCUT2D eigenvalue weighted by molar-refractivity contribution is 7.97. The van der Waals surface area contributed by atoms with Gasteiger partial charge in [-0.2, -0.15) is 0 Å². The van der Waals surface area contributed by atoms with Crippen LogP contribution in [0.15, 0.2) is 29.2 Å². The fourth-order valence-electron chi connectivity index (χ4n) is 2.47. The van der Waals surface area contributed by atoms with Crippen LogP contribution in [0, 0.1) is 0 Å². The third-order valence-corrected chi connectivity index (χ3v) is 4.07. The van der Waals surface area contributed by atoms with Crippen LogP contribution in [0.5, 0.6) is 0 Å². The Kier molecular flexibility index (Phi) is 5.54. The molecule has 126 valence electrons. The van der Waals surface area contributed by atoms with E-state index in [-0.39, 0.29) is 5.91 Å². The second kappa shape index (κ2) is 7.23. The van der Waals surface area contributed by atoms with Crippen molar-refractivity contribution >= 4 is 29.6 Å². The molecule has 0 bridgehead atoms. The number of hydrogen-bond acceptors (Lipinski definition) is 5. The zero-order chi connectivity index (χ0) is 17.0. The molecular formula is C16H23N3O3S. The normalized spacial score (nSPS) is 17.9. The van der Waals surface area contributed by atoms with Gasteiger partial charge in [-0.15, -0.1) is 0 Å². The molecular weight excluding hydrogens is 314 g/mol. The lowest BCUT2D eigenvalue weighted by molar-refractivity contribution is -0.120. The minimum atomic E-state index is -0.580. The van der Waals surface area contributed by atoms with Gasteiger partial charge in [-0.3, -0.25) is 14.8 Å². The molecule has 1 aliphatic rings. The third kappa shape index (κ3) is 4.62. The minimum absolute atomic E-state index is 0.213. The fraction of sp³-hybridized carbons (Fsp3) is 0.500. The van der Waals surface area contributed by atoms with E-state index >= 15 is 0 Å². The highest BCUT2D eigenvalue weighted by atomic mass is 32.2. The Hall–Kier alpha value is -1.73. The maximum atomic E-state index is 12.6. The molecule has 1 atom stereocenters. The quantitative estimate of drug-likeness (QED) is 0.828. The smallest absolute Gasteiger partial charge is 0.410 e. The number of amides is 2. The standard InChI is InChI=1S/C16H23N3O3S/c1-16(2,3)22-15(21)19-10-6-8-12(19)14(20)18-11-7-4-5-9-13(11)23-17/h4-5,7,9,12H,6,8,10,17H2,1-3H3,(H,18,20)/t12-/m0/s1. The van der Waals surface area contributed by atoms with Gasteiger partial charge < -0.3 is 10.1 Å². The predicted molar refractivity (Wildman–Crippen MR) is 91.1 cm³/mol. The van der Waals surface area contributed by atoms with Crippen molar-refractivity contribution in [2.75, 3.05) is 11.9 Å². The molecule has 2 amide bonds. The largest absolute Gasteiger partial charge is 0.444 e.